The van der Waals surface area contributed by atoms with Crippen LogP contribution in [0, 0.1) is 13.8 Å². The van der Waals surface area contributed by atoms with Crippen molar-refractivity contribution in [3.05, 3.63) is 51.2 Å². The molecule has 0 N–H and O–H groups in total. The molecular weight excluding hydrogens is 264 g/mol. The lowest BCUT2D eigenvalue weighted by Gasteiger charge is -2.08. The summed E-state index contributed by atoms with van der Waals surface area (Å²) in [6.45, 7) is 4.27. The summed E-state index contributed by atoms with van der Waals surface area (Å²) in [6, 6.07) is 10.3. The fraction of sp³-hybridized carbons (Fsp3) is 0.333. The minimum Gasteiger partial charge on any atom is -0.497 e. The average molecular weight is 281 g/mol. The van der Waals surface area contributed by atoms with Gasteiger partial charge in [-0.1, -0.05) is 12.1 Å². The van der Waals surface area contributed by atoms with E-state index in [1.165, 1.54) is 20.9 Å². The van der Waals surface area contributed by atoms with Gasteiger partial charge in [0.25, 0.3) is 0 Å². The molecule has 1 aromatic heterocycles. The topological polar surface area (TPSA) is 9.23 Å². The van der Waals surface area contributed by atoms with Crippen molar-refractivity contribution in [3.63, 3.8) is 0 Å². The van der Waals surface area contributed by atoms with Gasteiger partial charge in [-0.05, 0) is 49.6 Å². The van der Waals surface area contributed by atoms with Crippen molar-refractivity contribution in [2.45, 2.75) is 25.6 Å². The molecule has 96 valence electrons. The summed E-state index contributed by atoms with van der Waals surface area (Å²) < 4.78 is 5.22. The minimum atomic E-state index is 0.0366. The summed E-state index contributed by atoms with van der Waals surface area (Å²) in [4.78, 5) is 2.59. The third kappa shape index (κ3) is 3.06. The second-order valence-electron chi connectivity index (χ2n) is 4.41. The number of halogens is 1. The van der Waals surface area contributed by atoms with Crippen molar-refractivity contribution in [3.8, 4) is 5.75 Å². The Morgan fingerprint density at radius 3 is 2.67 bits per heavy atom. The number of ether oxygens (including phenoxy) is 1. The van der Waals surface area contributed by atoms with Crippen molar-refractivity contribution in [1.82, 2.24) is 0 Å². The first kappa shape index (κ1) is 13.4. The lowest BCUT2D eigenvalue weighted by molar-refractivity contribution is 0.414. The van der Waals surface area contributed by atoms with E-state index in [4.69, 9.17) is 16.3 Å². The van der Waals surface area contributed by atoms with Gasteiger partial charge < -0.3 is 4.74 Å². The average Bonchev–Trinajstić information content (AvgIpc) is 2.70. The highest BCUT2D eigenvalue weighted by Gasteiger charge is 2.13. The van der Waals surface area contributed by atoms with E-state index in [0.29, 0.717) is 0 Å². The molecular formula is C15H17ClOS. The zero-order valence-corrected chi connectivity index (χ0v) is 12.4. The first-order valence-electron chi connectivity index (χ1n) is 5.94. The van der Waals surface area contributed by atoms with Crippen LogP contribution in [0.15, 0.2) is 30.3 Å². The van der Waals surface area contributed by atoms with Crippen molar-refractivity contribution in [2.75, 3.05) is 7.11 Å². The third-order valence-electron chi connectivity index (χ3n) is 3.04. The van der Waals surface area contributed by atoms with E-state index in [0.717, 1.165) is 12.2 Å². The Labute approximate surface area is 117 Å². The number of benzene rings is 1. The van der Waals surface area contributed by atoms with Gasteiger partial charge in [0.15, 0.2) is 0 Å². The normalized spacial score (nSPS) is 12.4. The maximum atomic E-state index is 6.49. The highest BCUT2D eigenvalue weighted by molar-refractivity contribution is 7.12. The summed E-state index contributed by atoms with van der Waals surface area (Å²) >= 11 is 8.28. The predicted octanol–water partition coefficient (Wildman–Crippen LogP) is 4.90. The van der Waals surface area contributed by atoms with E-state index < -0.39 is 0 Å². The second-order valence-corrected chi connectivity index (χ2v) is 6.23. The third-order valence-corrected chi connectivity index (χ3v) is 4.83. The minimum absolute atomic E-state index is 0.0366. The summed E-state index contributed by atoms with van der Waals surface area (Å²) in [5.41, 5.74) is 2.53. The number of aryl methyl sites for hydroxylation is 2. The molecule has 1 nitrogen and oxygen atoms in total. The molecule has 0 fully saturated rings. The number of hydrogen-bond donors (Lipinski definition) is 0. The van der Waals surface area contributed by atoms with Gasteiger partial charge in [-0.2, -0.15) is 0 Å². The van der Waals surface area contributed by atoms with Gasteiger partial charge in [-0.3, -0.25) is 0 Å². The molecule has 0 aliphatic rings. The molecule has 0 bridgehead atoms. The maximum absolute atomic E-state index is 6.49. The molecule has 2 rings (SSSR count). The van der Waals surface area contributed by atoms with Gasteiger partial charge in [-0.25, -0.2) is 0 Å². The van der Waals surface area contributed by atoms with E-state index in [9.17, 15) is 0 Å². The molecule has 0 radical (unpaired) electrons. The molecule has 1 aromatic carbocycles. The van der Waals surface area contributed by atoms with Gasteiger partial charge in [0.1, 0.15) is 5.75 Å². The van der Waals surface area contributed by atoms with Gasteiger partial charge in [0.05, 0.1) is 12.5 Å². The van der Waals surface area contributed by atoms with E-state index >= 15 is 0 Å². The van der Waals surface area contributed by atoms with Crippen molar-refractivity contribution >= 4 is 22.9 Å². The molecule has 18 heavy (non-hydrogen) atoms. The Kier molecular flexibility index (Phi) is 4.31. The van der Waals surface area contributed by atoms with E-state index in [2.05, 4.69) is 26.0 Å². The maximum Gasteiger partial charge on any atom is 0.119 e. The lowest BCUT2D eigenvalue weighted by atomic mass is 10.1. The molecule has 0 aliphatic heterocycles. The van der Waals surface area contributed by atoms with Gasteiger partial charge >= 0.3 is 0 Å². The highest BCUT2D eigenvalue weighted by Crippen LogP contribution is 2.33. The molecule has 1 unspecified atom stereocenters. The number of rotatable bonds is 4. The largest absolute Gasteiger partial charge is 0.497 e. The molecule has 0 aliphatic carbocycles. The van der Waals surface area contributed by atoms with Gasteiger partial charge in [0, 0.05) is 9.75 Å². The monoisotopic (exact) mass is 280 g/mol. The standard InChI is InChI=1S/C15H17ClOS/c1-10-7-15(18-11(10)2)14(16)9-12-5-4-6-13(8-12)17-3/h4-8,14H,9H2,1-3H3. The Morgan fingerprint density at radius 1 is 1.28 bits per heavy atom. The number of methoxy groups -OCH3 is 1. The SMILES string of the molecule is COc1cccc(CC(Cl)c2cc(C)c(C)s2)c1. The highest BCUT2D eigenvalue weighted by atomic mass is 35.5. The van der Waals surface area contributed by atoms with Gasteiger partial charge in [0.2, 0.25) is 0 Å². The number of thiophene rings is 1. The summed E-state index contributed by atoms with van der Waals surface area (Å²) in [5.74, 6) is 0.884. The van der Waals surface area contributed by atoms with E-state index in [1.54, 1.807) is 18.4 Å². The Hall–Kier alpha value is -0.990. The fourth-order valence-corrected chi connectivity index (χ4v) is 3.26. The molecule has 0 saturated carbocycles. The van der Waals surface area contributed by atoms with Crippen molar-refractivity contribution in [2.24, 2.45) is 0 Å². The first-order valence-corrected chi connectivity index (χ1v) is 7.19. The van der Waals surface area contributed by atoms with Gasteiger partial charge in [-0.15, -0.1) is 22.9 Å². The fourth-order valence-electron chi connectivity index (χ4n) is 1.86. The van der Waals surface area contributed by atoms with Crippen LogP contribution in [-0.4, -0.2) is 7.11 Å². The number of hydrogen-bond acceptors (Lipinski definition) is 2. The van der Waals surface area contributed by atoms with Crippen LogP contribution in [0.1, 0.15) is 26.3 Å². The van der Waals surface area contributed by atoms with Crippen LogP contribution in [0.4, 0.5) is 0 Å². The van der Waals surface area contributed by atoms with Crippen LogP contribution in [0.3, 0.4) is 0 Å². The Balaban J connectivity index is 2.13. The number of alkyl halides is 1. The lowest BCUT2D eigenvalue weighted by Crippen LogP contribution is -1.94. The molecule has 0 amide bonds. The molecule has 1 heterocycles. The quantitative estimate of drug-likeness (QED) is 0.724. The van der Waals surface area contributed by atoms with E-state index in [-0.39, 0.29) is 5.38 Å². The van der Waals surface area contributed by atoms with Crippen LogP contribution < -0.4 is 4.74 Å². The smallest absolute Gasteiger partial charge is 0.119 e. The molecule has 2 aromatic rings. The first-order chi connectivity index (χ1) is 8.60. The summed E-state index contributed by atoms with van der Waals surface area (Å²) in [6.07, 6.45) is 0.831. The van der Waals surface area contributed by atoms with Crippen LogP contribution in [-0.2, 0) is 6.42 Å². The van der Waals surface area contributed by atoms with Crippen LogP contribution in [0.5, 0.6) is 5.75 Å². The molecule has 0 spiro atoms. The molecule has 0 saturated heterocycles. The predicted molar refractivity (Wildman–Crippen MR) is 79.1 cm³/mol. The zero-order valence-electron chi connectivity index (χ0n) is 10.9. The van der Waals surface area contributed by atoms with Crippen molar-refractivity contribution < 1.29 is 4.74 Å². The van der Waals surface area contributed by atoms with Crippen LogP contribution in [0.2, 0.25) is 0 Å². The Bertz CT molecular complexity index is 514. The second kappa shape index (κ2) is 5.77. The molecule has 3 heteroatoms. The van der Waals surface area contributed by atoms with Crippen molar-refractivity contribution in [1.29, 1.82) is 0 Å². The van der Waals surface area contributed by atoms with E-state index in [1.807, 2.05) is 18.2 Å². The van der Waals surface area contributed by atoms with Crippen LogP contribution >= 0.6 is 22.9 Å². The summed E-state index contributed by atoms with van der Waals surface area (Å²) in [7, 11) is 1.68. The summed E-state index contributed by atoms with van der Waals surface area (Å²) in [5, 5.41) is 0.0366. The zero-order chi connectivity index (χ0) is 13.1. The molecule has 1 atom stereocenters. The van der Waals surface area contributed by atoms with Crippen LogP contribution in [0.25, 0.3) is 0 Å². The Morgan fingerprint density at radius 2 is 2.06 bits per heavy atom.